The SMILES string of the molecule is CCCCc1oc2ccccc2c1C(=O)NCc1ccc2c(-c3ccc(OC)cc3)c(OCC#N)ccc2c1. The highest BCUT2D eigenvalue weighted by atomic mass is 16.5. The molecule has 0 aliphatic heterocycles. The number of carbonyl (C=O) groups excluding carboxylic acids is 1. The predicted octanol–water partition coefficient (Wildman–Crippen LogP) is 7.44. The van der Waals surface area contributed by atoms with E-state index in [0.717, 1.165) is 69.2 Å². The first-order chi connectivity index (χ1) is 19.1. The summed E-state index contributed by atoms with van der Waals surface area (Å²) < 4.78 is 17.1. The minimum absolute atomic E-state index is 0.0400. The molecule has 196 valence electrons. The molecule has 5 aromatic rings. The highest BCUT2D eigenvalue weighted by Crippen LogP contribution is 2.38. The monoisotopic (exact) mass is 518 g/mol. The normalized spacial score (nSPS) is 10.9. The highest BCUT2D eigenvalue weighted by molar-refractivity contribution is 6.07. The number of para-hydroxylation sites is 1. The van der Waals surface area contributed by atoms with Crippen LogP contribution in [0.5, 0.6) is 11.5 Å². The van der Waals surface area contributed by atoms with Crippen LogP contribution in [0.3, 0.4) is 0 Å². The fourth-order valence-corrected chi connectivity index (χ4v) is 4.88. The molecular weight excluding hydrogens is 488 g/mol. The maximum absolute atomic E-state index is 13.4. The molecule has 0 bridgehead atoms. The maximum Gasteiger partial charge on any atom is 0.255 e. The summed E-state index contributed by atoms with van der Waals surface area (Å²) in [5.41, 5.74) is 4.21. The summed E-state index contributed by atoms with van der Waals surface area (Å²) in [5, 5.41) is 15.0. The Kier molecular flexibility index (Phi) is 7.79. The van der Waals surface area contributed by atoms with E-state index >= 15 is 0 Å². The third-order valence-corrected chi connectivity index (χ3v) is 6.82. The van der Waals surface area contributed by atoms with E-state index in [2.05, 4.69) is 18.3 Å². The lowest BCUT2D eigenvalue weighted by Crippen LogP contribution is -2.23. The summed E-state index contributed by atoms with van der Waals surface area (Å²) in [6.45, 7) is 2.47. The third-order valence-electron chi connectivity index (χ3n) is 6.82. The lowest BCUT2D eigenvalue weighted by molar-refractivity contribution is 0.0950. The van der Waals surface area contributed by atoms with Gasteiger partial charge in [0, 0.05) is 23.9 Å². The number of carbonyl (C=O) groups is 1. The van der Waals surface area contributed by atoms with Crippen LogP contribution in [-0.4, -0.2) is 19.6 Å². The number of amides is 1. The number of furan rings is 1. The fourth-order valence-electron chi connectivity index (χ4n) is 4.88. The van der Waals surface area contributed by atoms with Crippen molar-refractivity contribution in [2.45, 2.75) is 32.7 Å². The van der Waals surface area contributed by atoms with Gasteiger partial charge in [0.2, 0.25) is 0 Å². The molecule has 39 heavy (non-hydrogen) atoms. The maximum atomic E-state index is 13.4. The van der Waals surface area contributed by atoms with E-state index in [0.29, 0.717) is 17.9 Å². The number of nitrogens with zero attached hydrogens (tertiary/aromatic N) is 1. The molecule has 5 rings (SSSR count). The van der Waals surface area contributed by atoms with Gasteiger partial charge in [0.1, 0.15) is 28.9 Å². The van der Waals surface area contributed by atoms with E-state index in [1.54, 1.807) is 7.11 Å². The standard InChI is InChI=1S/C33H30N2O4/c1-3-4-8-30-32(27-7-5-6-9-28(27)39-30)33(36)35-21-22-10-16-26-24(20-22)13-17-29(38-19-18-34)31(26)23-11-14-25(37-2)15-12-23/h5-7,9-17,20H,3-4,8,19,21H2,1-2H3,(H,35,36). The lowest BCUT2D eigenvalue weighted by Gasteiger charge is -2.15. The highest BCUT2D eigenvalue weighted by Gasteiger charge is 2.20. The molecule has 0 aliphatic carbocycles. The Balaban J connectivity index is 1.44. The molecule has 0 radical (unpaired) electrons. The van der Waals surface area contributed by atoms with E-state index in [-0.39, 0.29) is 12.5 Å². The van der Waals surface area contributed by atoms with Crippen LogP contribution in [0.2, 0.25) is 0 Å². The Morgan fingerprint density at radius 1 is 1.00 bits per heavy atom. The van der Waals surface area contributed by atoms with Crippen molar-refractivity contribution < 1.29 is 18.7 Å². The molecule has 0 unspecified atom stereocenters. The van der Waals surface area contributed by atoms with Crippen molar-refractivity contribution in [3.8, 4) is 28.7 Å². The van der Waals surface area contributed by atoms with Gasteiger partial charge in [0.15, 0.2) is 6.61 Å². The van der Waals surface area contributed by atoms with Crippen molar-refractivity contribution >= 4 is 27.6 Å². The van der Waals surface area contributed by atoms with Crippen molar-refractivity contribution in [1.82, 2.24) is 5.32 Å². The fraction of sp³-hybridized carbons (Fsp3) is 0.212. The number of fused-ring (bicyclic) bond motifs is 2. The third kappa shape index (κ3) is 5.44. The van der Waals surface area contributed by atoms with Gasteiger partial charge in [-0.05, 0) is 58.7 Å². The summed E-state index contributed by atoms with van der Waals surface area (Å²) in [6, 6.07) is 27.5. The molecular formula is C33H30N2O4. The number of benzene rings is 4. The Bertz CT molecular complexity index is 1660. The molecule has 0 saturated heterocycles. The van der Waals surface area contributed by atoms with Gasteiger partial charge in [-0.2, -0.15) is 5.26 Å². The number of unbranched alkanes of at least 4 members (excludes halogenated alkanes) is 1. The summed E-state index contributed by atoms with van der Waals surface area (Å²) in [5.74, 6) is 2.01. The van der Waals surface area contributed by atoms with Gasteiger partial charge in [-0.25, -0.2) is 0 Å². The molecule has 0 atom stereocenters. The van der Waals surface area contributed by atoms with Crippen molar-refractivity contribution in [2.24, 2.45) is 0 Å². The second-order valence-electron chi connectivity index (χ2n) is 9.35. The quantitative estimate of drug-likeness (QED) is 0.208. The second kappa shape index (κ2) is 11.7. The van der Waals surface area contributed by atoms with Crippen LogP contribution < -0.4 is 14.8 Å². The number of nitrogens with one attached hydrogen (secondary N) is 1. The van der Waals surface area contributed by atoms with Crippen LogP contribution in [-0.2, 0) is 13.0 Å². The van der Waals surface area contributed by atoms with Gasteiger partial charge in [0.25, 0.3) is 5.91 Å². The van der Waals surface area contributed by atoms with Gasteiger partial charge in [-0.3, -0.25) is 4.79 Å². The van der Waals surface area contributed by atoms with Crippen molar-refractivity contribution in [3.05, 3.63) is 95.7 Å². The number of aryl methyl sites for hydroxylation is 1. The molecule has 1 N–H and O–H groups in total. The number of hydrogen-bond donors (Lipinski definition) is 1. The van der Waals surface area contributed by atoms with Gasteiger partial charge in [-0.15, -0.1) is 0 Å². The zero-order valence-corrected chi connectivity index (χ0v) is 22.1. The average Bonchev–Trinajstić information content (AvgIpc) is 3.35. The zero-order valence-electron chi connectivity index (χ0n) is 22.1. The van der Waals surface area contributed by atoms with Crippen LogP contribution in [0.25, 0.3) is 32.9 Å². The van der Waals surface area contributed by atoms with E-state index in [1.807, 2.05) is 78.9 Å². The molecule has 0 spiro atoms. The lowest BCUT2D eigenvalue weighted by atomic mass is 9.95. The van der Waals surface area contributed by atoms with Gasteiger partial charge in [0.05, 0.1) is 12.7 Å². The number of nitriles is 1. The Labute approximate surface area is 227 Å². The largest absolute Gasteiger partial charge is 0.497 e. The number of hydrogen-bond acceptors (Lipinski definition) is 5. The zero-order chi connectivity index (χ0) is 27.2. The summed E-state index contributed by atoms with van der Waals surface area (Å²) >= 11 is 0. The van der Waals surface area contributed by atoms with Crippen LogP contribution in [0, 0.1) is 11.3 Å². The summed E-state index contributed by atoms with van der Waals surface area (Å²) in [7, 11) is 1.63. The Hall–Kier alpha value is -4.76. The van der Waals surface area contributed by atoms with E-state index in [9.17, 15) is 4.79 Å². The topological polar surface area (TPSA) is 84.5 Å². The number of ether oxygens (including phenoxy) is 2. The van der Waals surface area contributed by atoms with Crippen LogP contribution >= 0.6 is 0 Å². The first-order valence-electron chi connectivity index (χ1n) is 13.1. The molecule has 0 fully saturated rings. The van der Waals surface area contributed by atoms with Crippen molar-refractivity contribution in [2.75, 3.05) is 13.7 Å². The number of methoxy groups -OCH3 is 1. The van der Waals surface area contributed by atoms with Gasteiger partial charge >= 0.3 is 0 Å². The smallest absolute Gasteiger partial charge is 0.255 e. The average molecular weight is 519 g/mol. The first kappa shape index (κ1) is 25.9. The molecule has 4 aromatic carbocycles. The Morgan fingerprint density at radius 2 is 1.82 bits per heavy atom. The Morgan fingerprint density at radius 3 is 2.59 bits per heavy atom. The molecule has 0 aliphatic rings. The molecule has 6 heteroatoms. The molecule has 6 nitrogen and oxygen atoms in total. The second-order valence-corrected chi connectivity index (χ2v) is 9.35. The molecule has 0 saturated carbocycles. The van der Waals surface area contributed by atoms with Crippen molar-refractivity contribution in [3.63, 3.8) is 0 Å². The van der Waals surface area contributed by atoms with Gasteiger partial charge in [-0.1, -0.05) is 61.9 Å². The van der Waals surface area contributed by atoms with E-state index < -0.39 is 0 Å². The van der Waals surface area contributed by atoms with Crippen molar-refractivity contribution in [1.29, 1.82) is 5.26 Å². The molecule has 1 heterocycles. The predicted molar refractivity (Wildman–Crippen MR) is 153 cm³/mol. The van der Waals surface area contributed by atoms with Crippen LogP contribution in [0.15, 0.2) is 83.3 Å². The molecule has 1 amide bonds. The minimum Gasteiger partial charge on any atom is -0.497 e. The minimum atomic E-state index is -0.134. The first-order valence-corrected chi connectivity index (χ1v) is 13.1. The molecule has 1 aromatic heterocycles. The van der Waals surface area contributed by atoms with Crippen LogP contribution in [0.1, 0.15) is 41.4 Å². The number of rotatable bonds is 10. The van der Waals surface area contributed by atoms with E-state index in [4.69, 9.17) is 19.2 Å². The summed E-state index contributed by atoms with van der Waals surface area (Å²) in [6.07, 6.45) is 2.71. The van der Waals surface area contributed by atoms with Gasteiger partial charge < -0.3 is 19.2 Å². The van der Waals surface area contributed by atoms with E-state index in [1.165, 1.54) is 0 Å². The summed E-state index contributed by atoms with van der Waals surface area (Å²) in [4.78, 5) is 13.4. The van der Waals surface area contributed by atoms with Crippen LogP contribution in [0.4, 0.5) is 0 Å².